The molecule has 6 rings (SSSR count). The van der Waals surface area contributed by atoms with Crippen molar-refractivity contribution in [3.8, 4) is 22.9 Å². The van der Waals surface area contributed by atoms with Gasteiger partial charge in [-0.2, -0.15) is 5.26 Å². The second kappa shape index (κ2) is 12.1. The molecule has 0 amide bonds. The number of rotatable bonds is 8. The Hall–Kier alpha value is -3.59. The van der Waals surface area contributed by atoms with Gasteiger partial charge in [-0.25, -0.2) is 4.98 Å². The Morgan fingerprint density at radius 3 is 2.78 bits per heavy atom. The molecule has 1 N–H and O–H groups in total. The van der Waals surface area contributed by atoms with Crippen molar-refractivity contribution in [2.45, 2.75) is 16.6 Å². The largest absolute Gasteiger partial charge is 0.496 e. The monoisotopic (exact) mass is 602 g/mol. The maximum absolute atomic E-state index is 9.91. The van der Waals surface area contributed by atoms with E-state index in [0.29, 0.717) is 22.0 Å². The lowest BCUT2D eigenvalue weighted by Gasteiger charge is -2.25. The van der Waals surface area contributed by atoms with E-state index in [1.165, 1.54) is 16.6 Å². The van der Waals surface area contributed by atoms with Crippen LogP contribution in [0.5, 0.6) is 5.75 Å². The molecule has 0 saturated carbocycles. The molecule has 4 heterocycles. The van der Waals surface area contributed by atoms with E-state index in [2.05, 4.69) is 37.7 Å². The van der Waals surface area contributed by atoms with E-state index in [1.54, 1.807) is 30.8 Å². The van der Waals surface area contributed by atoms with Gasteiger partial charge in [0.25, 0.3) is 0 Å². The fraction of sp³-hybridized carbons (Fsp3) is 0.233. The van der Waals surface area contributed by atoms with Crippen LogP contribution in [0.25, 0.3) is 22.0 Å². The first-order chi connectivity index (χ1) is 20.0. The van der Waals surface area contributed by atoms with Crippen molar-refractivity contribution in [1.29, 1.82) is 5.26 Å². The summed E-state index contributed by atoms with van der Waals surface area (Å²) in [5, 5.41) is 17.7. The number of nitrogens with one attached hydrogen (secondary N) is 1. The fourth-order valence-electron chi connectivity index (χ4n) is 4.77. The van der Waals surface area contributed by atoms with E-state index in [4.69, 9.17) is 21.1 Å². The third kappa shape index (κ3) is 5.91. The normalized spacial score (nSPS) is 13.8. The van der Waals surface area contributed by atoms with Gasteiger partial charge >= 0.3 is 0 Å². The molecule has 8 nitrogen and oxygen atoms in total. The molecule has 0 unspecified atom stereocenters. The summed E-state index contributed by atoms with van der Waals surface area (Å²) >= 11 is 9.89. The summed E-state index contributed by atoms with van der Waals surface area (Å²) in [6.45, 7) is 4.37. The highest BCUT2D eigenvalue weighted by molar-refractivity contribution is 7.99. The molecule has 2 aromatic carbocycles. The number of benzene rings is 2. The zero-order valence-electron chi connectivity index (χ0n) is 22.6. The van der Waals surface area contributed by atoms with E-state index in [1.807, 2.05) is 48.1 Å². The number of hydrogen-bond donors (Lipinski definition) is 1. The van der Waals surface area contributed by atoms with Gasteiger partial charge in [0.15, 0.2) is 5.16 Å². The van der Waals surface area contributed by atoms with Crippen LogP contribution in [0, 0.1) is 11.3 Å². The number of anilines is 2. The molecule has 1 fully saturated rings. The Bertz CT molecular complexity index is 1760. The van der Waals surface area contributed by atoms with Gasteiger partial charge in [-0.05, 0) is 47.3 Å². The standard InChI is InChI=1S/C30H27ClN6O2S2/c1-36-6-5-33-30(36)41-28-4-3-21(12-25(28)31)35-29-20(15-32)16-34-26-13-23(27(38-2)14-24(26)29)19-11-22(40-18-19)17-37-7-9-39-10-8-37/h3-6,11-14,16,18H,7-10,17H2,1-2H3,(H,34,35). The molecule has 1 saturated heterocycles. The van der Waals surface area contributed by atoms with E-state index in [0.717, 1.165) is 70.6 Å². The van der Waals surface area contributed by atoms with Gasteiger partial charge in [0, 0.05) is 71.7 Å². The van der Waals surface area contributed by atoms with Crippen LogP contribution in [0.3, 0.4) is 0 Å². The number of halogens is 1. The first-order valence-corrected chi connectivity index (χ1v) is 15.1. The highest BCUT2D eigenvalue weighted by Gasteiger charge is 2.18. The minimum atomic E-state index is 0.429. The molecule has 0 aliphatic carbocycles. The maximum Gasteiger partial charge on any atom is 0.172 e. The number of fused-ring (bicyclic) bond motifs is 1. The minimum Gasteiger partial charge on any atom is -0.496 e. The van der Waals surface area contributed by atoms with Gasteiger partial charge < -0.3 is 19.4 Å². The minimum absolute atomic E-state index is 0.429. The van der Waals surface area contributed by atoms with Gasteiger partial charge in [0.1, 0.15) is 11.8 Å². The number of hydrogen-bond acceptors (Lipinski definition) is 9. The topological polar surface area (TPSA) is 88.2 Å². The Morgan fingerprint density at radius 1 is 1.20 bits per heavy atom. The van der Waals surface area contributed by atoms with Gasteiger partial charge in [-0.3, -0.25) is 9.88 Å². The quantitative estimate of drug-likeness (QED) is 0.204. The molecule has 0 radical (unpaired) electrons. The fourth-order valence-corrected chi connectivity index (χ4v) is 6.80. The van der Waals surface area contributed by atoms with E-state index in [9.17, 15) is 5.26 Å². The van der Waals surface area contributed by atoms with Crippen LogP contribution in [0.15, 0.2) is 70.4 Å². The Labute approximate surface area is 251 Å². The van der Waals surface area contributed by atoms with Crippen molar-refractivity contribution in [1.82, 2.24) is 19.4 Å². The smallest absolute Gasteiger partial charge is 0.172 e. The first-order valence-electron chi connectivity index (χ1n) is 13.0. The highest BCUT2D eigenvalue weighted by Crippen LogP contribution is 2.40. The number of morpholine rings is 1. The number of imidazole rings is 1. The van der Waals surface area contributed by atoms with Crippen LogP contribution < -0.4 is 10.1 Å². The van der Waals surface area contributed by atoms with Crippen molar-refractivity contribution in [3.63, 3.8) is 0 Å². The van der Waals surface area contributed by atoms with Crippen LogP contribution in [-0.2, 0) is 18.3 Å². The molecule has 41 heavy (non-hydrogen) atoms. The third-order valence-electron chi connectivity index (χ3n) is 6.94. The molecule has 208 valence electrons. The predicted molar refractivity (Wildman–Crippen MR) is 164 cm³/mol. The lowest BCUT2D eigenvalue weighted by molar-refractivity contribution is 0.0346. The number of pyridine rings is 1. The van der Waals surface area contributed by atoms with E-state index < -0.39 is 0 Å². The number of nitrogens with zero attached hydrogens (tertiary/aromatic N) is 5. The van der Waals surface area contributed by atoms with Crippen LogP contribution >= 0.6 is 34.7 Å². The Balaban J connectivity index is 1.31. The summed E-state index contributed by atoms with van der Waals surface area (Å²) in [6, 6.07) is 14.2. The number of ether oxygens (including phenoxy) is 2. The first kappa shape index (κ1) is 27.6. The summed E-state index contributed by atoms with van der Waals surface area (Å²) in [5.74, 6) is 0.716. The number of aryl methyl sites for hydroxylation is 1. The molecule has 1 aliphatic heterocycles. The summed E-state index contributed by atoms with van der Waals surface area (Å²) in [4.78, 5) is 13.6. The van der Waals surface area contributed by atoms with Crippen LogP contribution in [0.4, 0.5) is 11.4 Å². The molecule has 0 spiro atoms. The van der Waals surface area contributed by atoms with Gasteiger partial charge in [0.2, 0.25) is 0 Å². The Kier molecular flexibility index (Phi) is 8.14. The number of thiophene rings is 1. The third-order valence-corrected chi connectivity index (χ3v) is 9.44. The summed E-state index contributed by atoms with van der Waals surface area (Å²) in [7, 11) is 3.61. The summed E-state index contributed by atoms with van der Waals surface area (Å²) < 4.78 is 13.3. The molecule has 11 heteroatoms. The van der Waals surface area contributed by atoms with Crippen LogP contribution in [-0.4, -0.2) is 52.8 Å². The van der Waals surface area contributed by atoms with Crippen molar-refractivity contribution in [2.75, 3.05) is 38.7 Å². The lowest BCUT2D eigenvalue weighted by Crippen LogP contribution is -2.35. The van der Waals surface area contributed by atoms with Crippen molar-refractivity contribution < 1.29 is 9.47 Å². The number of aromatic nitrogens is 3. The van der Waals surface area contributed by atoms with Gasteiger partial charge in [-0.1, -0.05) is 23.4 Å². The maximum atomic E-state index is 9.91. The predicted octanol–water partition coefficient (Wildman–Crippen LogP) is 6.96. The zero-order valence-corrected chi connectivity index (χ0v) is 24.9. The van der Waals surface area contributed by atoms with Gasteiger partial charge in [-0.15, -0.1) is 11.3 Å². The molecule has 0 bridgehead atoms. The molecule has 1 aliphatic rings. The summed E-state index contributed by atoms with van der Waals surface area (Å²) in [5.41, 5.74) is 4.66. The number of methoxy groups -OCH3 is 1. The number of nitriles is 1. The average Bonchev–Trinajstić information content (AvgIpc) is 3.63. The van der Waals surface area contributed by atoms with Gasteiger partial charge in [0.05, 0.1) is 42.1 Å². The second-order valence-corrected chi connectivity index (χ2v) is 12.0. The SMILES string of the molecule is COc1cc2c(Nc3ccc(Sc4nccn4C)c(Cl)c3)c(C#N)cnc2cc1-c1csc(CN2CCOCC2)c1. The van der Waals surface area contributed by atoms with Crippen LogP contribution in [0.2, 0.25) is 5.02 Å². The molecule has 5 aromatic rings. The zero-order chi connectivity index (χ0) is 28.3. The Morgan fingerprint density at radius 2 is 2.05 bits per heavy atom. The molecular weight excluding hydrogens is 576 g/mol. The van der Waals surface area contributed by atoms with E-state index in [-0.39, 0.29) is 0 Å². The average molecular weight is 603 g/mol. The molecular formula is C30H27ClN6O2S2. The van der Waals surface area contributed by atoms with Crippen LogP contribution in [0.1, 0.15) is 10.4 Å². The molecule has 0 atom stereocenters. The highest BCUT2D eigenvalue weighted by atomic mass is 35.5. The van der Waals surface area contributed by atoms with Crippen molar-refractivity contribution in [3.05, 3.63) is 75.8 Å². The molecule has 3 aromatic heterocycles. The van der Waals surface area contributed by atoms with Crippen molar-refractivity contribution in [2.24, 2.45) is 7.05 Å². The van der Waals surface area contributed by atoms with Crippen molar-refractivity contribution >= 4 is 57.0 Å². The van der Waals surface area contributed by atoms with E-state index >= 15 is 0 Å². The summed E-state index contributed by atoms with van der Waals surface area (Å²) in [6.07, 6.45) is 5.25. The second-order valence-electron chi connectivity index (χ2n) is 9.61. The lowest BCUT2D eigenvalue weighted by atomic mass is 10.0.